The van der Waals surface area contributed by atoms with E-state index in [-0.39, 0.29) is 0 Å². The zero-order chi connectivity index (χ0) is 15.0. The van der Waals surface area contributed by atoms with Crippen LogP contribution >= 0.6 is 0 Å². The molecule has 20 heavy (non-hydrogen) atoms. The van der Waals surface area contributed by atoms with Crippen LogP contribution in [0, 0.1) is 0 Å². The fourth-order valence-electron chi connectivity index (χ4n) is 1.88. The van der Waals surface area contributed by atoms with Crippen molar-refractivity contribution in [3.05, 3.63) is 59.6 Å². The van der Waals surface area contributed by atoms with Gasteiger partial charge in [-0.15, -0.1) is 0 Å². The number of benzene rings is 1. The summed E-state index contributed by atoms with van der Waals surface area (Å²) >= 11 is 0. The molecule has 1 aromatic carbocycles. The Bertz CT molecular complexity index is 464. The van der Waals surface area contributed by atoms with E-state index in [1.165, 1.54) is 5.56 Å². The highest BCUT2D eigenvalue weighted by Gasteiger charge is 2.05. The lowest BCUT2D eigenvalue weighted by Gasteiger charge is -2.14. The van der Waals surface area contributed by atoms with E-state index in [9.17, 15) is 0 Å². The van der Waals surface area contributed by atoms with E-state index < -0.39 is 0 Å². The van der Waals surface area contributed by atoms with E-state index in [4.69, 9.17) is 9.47 Å². The lowest BCUT2D eigenvalue weighted by Crippen LogP contribution is -2.10. The van der Waals surface area contributed by atoms with E-state index >= 15 is 0 Å². The lowest BCUT2D eigenvalue weighted by atomic mass is 10.1. The average molecular weight is 275 g/mol. The van der Waals surface area contributed by atoms with Gasteiger partial charge in [-0.3, -0.25) is 0 Å². The van der Waals surface area contributed by atoms with Crippen LogP contribution < -0.4 is 0 Å². The molecule has 0 atom stereocenters. The summed E-state index contributed by atoms with van der Waals surface area (Å²) in [5, 5.41) is 0. The van der Waals surface area contributed by atoms with Crippen LogP contribution in [-0.2, 0) is 22.6 Å². The van der Waals surface area contributed by atoms with E-state index in [2.05, 4.69) is 56.8 Å². The number of nitrogens with zero attached hydrogens (tertiary/aromatic N) is 1. The third-order valence-corrected chi connectivity index (χ3v) is 2.80. The lowest BCUT2D eigenvalue weighted by molar-refractivity contribution is 0.166. The molecule has 1 aromatic rings. The second-order valence-corrected chi connectivity index (χ2v) is 4.95. The third-order valence-electron chi connectivity index (χ3n) is 2.80. The first-order valence-corrected chi connectivity index (χ1v) is 6.85. The summed E-state index contributed by atoms with van der Waals surface area (Å²) in [6, 6.07) is 8.42. The second-order valence-electron chi connectivity index (χ2n) is 4.95. The Hall–Kier alpha value is -1.74. The van der Waals surface area contributed by atoms with Crippen LogP contribution in [0.25, 0.3) is 0 Å². The van der Waals surface area contributed by atoms with E-state index in [1.807, 2.05) is 6.08 Å². The van der Waals surface area contributed by atoms with Crippen molar-refractivity contribution >= 4 is 0 Å². The predicted molar refractivity (Wildman–Crippen MR) is 83.1 cm³/mol. The van der Waals surface area contributed by atoms with Gasteiger partial charge in [-0.2, -0.15) is 0 Å². The first-order valence-electron chi connectivity index (χ1n) is 6.85. The molecule has 0 aliphatic carbocycles. The quantitative estimate of drug-likeness (QED) is 0.533. The average Bonchev–Trinajstić information content (AvgIpc) is 2.42. The molecule has 0 unspecified atom stereocenters. The minimum atomic E-state index is 0.523. The fraction of sp³-hybridized carbons (Fsp3) is 0.412. The van der Waals surface area contributed by atoms with Gasteiger partial charge in [-0.05, 0) is 37.7 Å². The monoisotopic (exact) mass is 275 g/mol. The molecule has 0 aliphatic heterocycles. The molecule has 0 spiro atoms. The van der Waals surface area contributed by atoms with Crippen LogP contribution in [0.15, 0.2) is 48.4 Å². The number of methoxy groups -OCH3 is 1. The van der Waals surface area contributed by atoms with Gasteiger partial charge in [0.25, 0.3) is 0 Å². The molecule has 0 saturated carbocycles. The molecule has 0 bridgehead atoms. The highest BCUT2D eigenvalue weighted by Crippen LogP contribution is 2.15. The smallest absolute Gasteiger partial charge is 0.157 e. The summed E-state index contributed by atoms with van der Waals surface area (Å²) < 4.78 is 10.9. The van der Waals surface area contributed by atoms with E-state index in [0.29, 0.717) is 18.1 Å². The Labute approximate surface area is 122 Å². The predicted octanol–water partition coefficient (Wildman–Crippen LogP) is 3.72. The van der Waals surface area contributed by atoms with Crippen LogP contribution in [0.1, 0.15) is 24.5 Å². The molecule has 0 heterocycles. The first-order chi connectivity index (χ1) is 9.56. The van der Waals surface area contributed by atoms with Crippen LogP contribution in [0.2, 0.25) is 0 Å². The van der Waals surface area contributed by atoms with Gasteiger partial charge in [0.15, 0.2) is 11.5 Å². The molecule has 3 nitrogen and oxygen atoms in total. The molecular formula is C17H25NO2. The Kier molecular flexibility index (Phi) is 6.88. The SMILES string of the molecule is C=C(OC)/C(=C/CC)OCc1cccc(CN(C)C)c1. The number of rotatable bonds is 8. The number of allylic oxidation sites excluding steroid dienone is 1. The Morgan fingerprint density at radius 3 is 2.60 bits per heavy atom. The van der Waals surface area contributed by atoms with Gasteiger partial charge in [0.1, 0.15) is 6.61 Å². The van der Waals surface area contributed by atoms with Crippen molar-refractivity contribution < 1.29 is 9.47 Å². The highest BCUT2D eigenvalue weighted by atomic mass is 16.5. The molecule has 0 fully saturated rings. The Balaban J connectivity index is 2.68. The maximum absolute atomic E-state index is 5.80. The summed E-state index contributed by atoms with van der Waals surface area (Å²) in [7, 11) is 5.73. The number of hydrogen-bond acceptors (Lipinski definition) is 3. The molecule has 0 N–H and O–H groups in total. The third kappa shape index (κ3) is 5.49. The van der Waals surface area contributed by atoms with Crippen LogP contribution in [0.4, 0.5) is 0 Å². The largest absolute Gasteiger partial charge is 0.494 e. The Morgan fingerprint density at radius 1 is 1.30 bits per heavy atom. The van der Waals surface area contributed by atoms with Gasteiger partial charge < -0.3 is 14.4 Å². The number of hydrogen-bond donors (Lipinski definition) is 0. The van der Waals surface area contributed by atoms with Crippen molar-refractivity contribution in [1.82, 2.24) is 4.90 Å². The maximum Gasteiger partial charge on any atom is 0.157 e. The molecule has 110 valence electrons. The molecule has 0 saturated heterocycles. The molecule has 0 aromatic heterocycles. The molecule has 3 heteroatoms. The molecule has 1 rings (SSSR count). The normalized spacial score (nSPS) is 11.6. The standard InChI is InChI=1S/C17H25NO2/c1-6-8-17(14(2)19-5)20-13-16-10-7-9-15(11-16)12-18(3)4/h7-11H,2,6,12-13H2,1,3-5H3/b17-8-. The van der Waals surface area contributed by atoms with Crippen LogP contribution in [-0.4, -0.2) is 26.1 Å². The molecule has 0 aliphatic rings. The summed E-state index contributed by atoms with van der Waals surface area (Å²) in [5.41, 5.74) is 2.43. The summed E-state index contributed by atoms with van der Waals surface area (Å²) in [5.74, 6) is 1.28. The van der Waals surface area contributed by atoms with Gasteiger partial charge in [0.2, 0.25) is 0 Å². The zero-order valence-corrected chi connectivity index (χ0v) is 13.0. The van der Waals surface area contributed by atoms with Gasteiger partial charge in [-0.1, -0.05) is 37.8 Å². The van der Waals surface area contributed by atoms with Crippen molar-refractivity contribution in [1.29, 1.82) is 0 Å². The highest BCUT2D eigenvalue weighted by molar-refractivity contribution is 5.24. The van der Waals surface area contributed by atoms with Crippen LogP contribution in [0.3, 0.4) is 0 Å². The summed E-state index contributed by atoms with van der Waals surface area (Å²) in [6.07, 6.45) is 2.87. The van der Waals surface area contributed by atoms with Crippen molar-refractivity contribution in [2.45, 2.75) is 26.5 Å². The minimum Gasteiger partial charge on any atom is -0.494 e. The van der Waals surface area contributed by atoms with Crippen molar-refractivity contribution in [2.75, 3.05) is 21.2 Å². The summed E-state index contributed by atoms with van der Waals surface area (Å²) in [4.78, 5) is 2.15. The van der Waals surface area contributed by atoms with Crippen LogP contribution in [0.5, 0.6) is 0 Å². The molecule has 0 amide bonds. The van der Waals surface area contributed by atoms with Gasteiger partial charge in [0.05, 0.1) is 7.11 Å². The second kappa shape index (κ2) is 8.43. The first kappa shape index (κ1) is 16.3. The van der Waals surface area contributed by atoms with Crippen molar-refractivity contribution in [3.63, 3.8) is 0 Å². The molecular weight excluding hydrogens is 250 g/mol. The van der Waals surface area contributed by atoms with E-state index in [0.717, 1.165) is 18.5 Å². The van der Waals surface area contributed by atoms with E-state index in [1.54, 1.807) is 7.11 Å². The number of ether oxygens (including phenoxy) is 2. The summed E-state index contributed by atoms with van der Waals surface area (Å²) in [6.45, 7) is 7.35. The topological polar surface area (TPSA) is 21.7 Å². The van der Waals surface area contributed by atoms with Crippen molar-refractivity contribution in [2.24, 2.45) is 0 Å². The molecule has 0 radical (unpaired) electrons. The maximum atomic E-state index is 5.80. The Morgan fingerprint density at radius 2 is 2.00 bits per heavy atom. The van der Waals surface area contributed by atoms with Gasteiger partial charge >= 0.3 is 0 Å². The fourth-order valence-corrected chi connectivity index (χ4v) is 1.88. The minimum absolute atomic E-state index is 0.523. The van der Waals surface area contributed by atoms with Gasteiger partial charge in [0, 0.05) is 6.54 Å². The van der Waals surface area contributed by atoms with Gasteiger partial charge in [-0.25, -0.2) is 0 Å². The van der Waals surface area contributed by atoms with Crippen molar-refractivity contribution in [3.8, 4) is 0 Å². The zero-order valence-electron chi connectivity index (χ0n) is 13.0.